The quantitative estimate of drug-likeness (QED) is 0.622. The Kier molecular flexibility index (Phi) is 5.19. The maximum absolute atomic E-state index is 12.7. The van der Waals surface area contributed by atoms with Crippen LogP contribution in [0.5, 0.6) is 5.75 Å². The van der Waals surface area contributed by atoms with Crippen LogP contribution < -0.4 is 9.46 Å². The van der Waals surface area contributed by atoms with Crippen molar-refractivity contribution in [3.63, 3.8) is 0 Å². The number of aromatic nitrogens is 1. The van der Waals surface area contributed by atoms with Gasteiger partial charge in [-0.3, -0.25) is 4.72 Å². The molecule has 1 heterocycles. The average molecular weight is 378 g/mol. The highest BCUT2D eigenvalue weighted by molar-refractivity contribution is 7.99. The lowest BCUT2D eigenvalue weighted by Crippen LogP contribution is -2.13. The molecule has 25 heavy (non-hydrogen) atoms. The number of hydrogen-bond acceptors (Lipinski definition) is 6. The van der Waals surface area contributed by atoms with Gasteiger partial charge in [0, 0.05) is 5.75 Å². The maximum Gasteiger partial charge on any atom is 0.262 e. The number of methoxy groups -OCH3 is 1. The van der Waals surface area contributed by atoms with E-state index in [1.807, 2.05) is 0 Å². The van der Waals surface area contributed by atoms with Crippen LogP contribution >= 0.6 is 11.8 Å². The molecule has 0 fully saturated rings. The number of thioether (sulfide) groups is 1. The Labute approximate surface area is 150 Å². The third-order valence-electron chi connectivity index (χ3n) is 3.43. The first kappa shape index (κ1) is 17.6. The summed E-state index contributed by atoms with van der Waals surface area (Å²) in [5.41, 5.74) is 1.46. The highest BCUT2D eigenvalue weighted by atomic mass is 32.2. The molecule has 0 unspecified atom stereocenters. The van der Waals surface area contributed by atoms with Gasteiger partial charge in [-0.05, 0) is 36.8 Å². The Balaban J connectivity index is 1.91. The Bertz CT molecular complexity index is 983. The SMILES string of the molecule is CCCSc1nc2cc(S(=O)(=O)Nc3ccccc3OC)ccc2o1. The van der Waals surface area contributed by atoms with E-state index in [4.69, 9.17) is 9.15 Å². The first-order valence-corrected chi connectivity index (χ1v) is 10.2. The predicted octanol–water partition coefficient (Wildman–Crippen LogP) is 4.14. The largest absolute Gasteiger partial charge is 0.495 e. The van der Waals surface area contributed by atoms with E-state index in [-0.39, 0.29) is 4.90 Å². The van der Waals surface area contributed by atoms with E-state index >= 15 is 0 Å². The molecule has 0 bridgehead atoms. The predicted molar refractivity (Wildman–Crippen MR) is 98.8 cm³/mol. The molecule has 8 heteroatoms. The lowest BCUT2D eigenvalue weighted by molar-refractivity contribution is 0.417. The zero-order valence-corrected chi connectivity index (χ0v) is 15.5. The van der Waals surface area contributed by atoms with Gasteiger partial charge in [0.05, 0.1) is 17.7 Å². The molecule has 3 rings (SSSR count). The van der Waals surface area contributed by atoms with E-state index < -0.39 is 10.0 Å². The Morgan fingerprint density at radius 1 is 1.24 bits per heavy atom. The van der Waals surface area contributed by atoms with E-state index in [2.05, 4.69) is 16.6 Å². The van der Waals surface area contributed by atoms with Gasteiger partial charge in [-0.25, -0.2) is 13.4 Å². The number of anilines is 1. The van der Waals surface area contributed by atoms with E-state index in [0.717, 1.165) is 12.2 Å². The van der Waals surface area contributed by atoms with Crippen molar-refractivity contribution in [1.29, 1.82) is 0 Å². The van der Waals surface area contributed by atoms with Crippen LogP contribution in [0.25, 0.3) is 11.1 Å². The summed E-state index contributed by atoms with van der Waals surface area (Å²) in [7, 11) is -2.27. The highest BCUT2D eigenvalue weighted by Crippen LogP contribution is 2.29. The van der Waals surface area contributed by atoms with Gasteiger partial charge in [0.25, 0.3) is 15.2 Å². The second-order valence-electron chi connectivity index (χ2n) is 5.26. The van der Waals surface area contributed by atoms with E-state index in [9.17, 15) is 8.42 Å². The number of benzene rings is 2. The molecular formula is C17H18N2O4S2. The van der Waals surface area contributed by atoms with Gasteiger partial charge in [0.2, 0.25) is 0 Å². The van der Waals surface area contributed by atoms with Crippen molar-refractivity contribution in [3.05, 3.63) is 42.5 Å². The van der Waals surface area contributed by atoms with Gasteiger partial charge in [-0.2, -0.15) is 0 Å². The van der Waals surface area contributed by atoms with E-state index in [1.54, 1.807) is 30.3 Å². The molecule has 0 radical (unpaired) electrons. The Morgan fingerprint density at radius 2 is 2.04 bits per heavy atom. The molecule has 0 saturated carbocycles. The average Bonchev–Trinajstić information content (AvgIpc) is 3.02. The molecule has 0 spiro atoms. The molecule has 1 aromatic heterocycles. The van der Waals surface area contributed by atoms with Gasteiger partial charge < -0.3 is 9.15 Å². The number of nitrogens with zero attached hydrogens (tertiary/aromatic N) is 1. The Hall–Kier alpha value is -2.19. The molecule has 0 aliphatic rings. The first-order valence-electron chi connectivity index (χ1n) is 7.72. The minimum atomic E-state index is -3.76. The highest BCUT2D eigenvalue weighted by Gasteiger charge is 2.18. The fraction of sp³-hybridized carbons (Fsp3) is 0.235. The fourth-order valence-electron chi connectivity index (χ4n) is 2.24. The normalized spacial score (nSPS) is 11.6. The van der Waals surface area contributed by atoms with Crippen molar-refractivity contribution in [2.45, 2.75) is 23.5 Å². The standard InChI is InChI=1S/C17H18N2O4S2/c1-3-10-24-17-18-14-11-12(8-9-16(14)23-17)25(20,21)19-13-6-4-5-7-15(13)22-2/h4-9,11,19H,3,10H2,1-2H3. The van der Waals surface area contributed by atoms with Crippen LogP contribution in [0.4, 0.5) is 5.69 Å². The summed E-state index contributed by atoms with van der Waals surface area (Å²) < 4.78 is 38.7. The monoisotopic (exact) mass is 378 g/mol. The number of oxazole rings is 1. The fourth-order valence-corrected chi connectivity index (χ4v) is 4.02. The van der Waals surface area contributed by atoms with Crippen molar-refractivity contribution < 1.29 is 17.6 Å². The van der Waals surface area contributed by atoms with Crippen LogP contribution in [0, 0.1) is 0 Å². The molecule has 0 aliphatic heterocycles. The number of ether oxygens (including phenoxy) is 1. The maximum atomic E-state index is 12.7. The lowest BCUT2D eigenvalue weighted by atomic mass is 10.3. The summed E-state index contributed by atoms with van der Waals surface area (Å²) in [4.78, 5) is 4.46. The Morgan fingerprint density at radius 3 is 2.80 bits per heavy atom. The first-order chi connectivity index (χ1) is 12.0. The van der Waals surface area contributed by atoms with Crippen LogP contribution in [0.15, 0.2) is 57.0 Å². The van der Waals surface area contributed by atoms with E-state index in [0.29, 0.717) is 27.8 Å². The summed E-state index contributed by atoms with van der Waals surface area (Å²) in [6.07, 6.45) is 1.01. The van der Waals surface area contributed by atoms with Gasteiger partial charge in [-0.15, -0.1) is 0 Å². The molecule has 3 aromatic rings. The van der Waals surface area contributed by atoms with Crippen LogP contribution in [0.1, 0.15) is 13.3 Å². The summed E-state index contributed by atoms with van der Waals surface area (Å²) in [5.74, 6) is 1.35. The summed E-state index contributed by atoms with van der Waals surface area (Å²) in [5, 5.41) is 0.545. The molecule has 0 atom stereocenters. The third kappa shape index (κ3) is 3.91. The van der Waals surface area contributed by atoms with Crippen molar-refractivity contribution in [2.24, 2.45) is 0 Å². The molecule has 1 N–H and O–H groups in total. The zero-order chi connectivity index (χ0) is 17.9. The number of fused-ring (bicyclic) bond motifs is 1. The number of para-hydroxylation sites is 2. The summed E-state index contributed by atoms with van der Waals surface area (Å²) >= 11 is 1.51. The van der Waals surface area contributed by atoms with Crippen molar-refractivity contribution in [3.8, 4) is 5.75 Å². The summed E-state index contributed by atoms with van der Waals surface area (Å²) in [6.45, 7) is 2.07. The second kappa shape index (κ2) is 7.37. The van der Waals surface area contributed by atoms with Crippen LogP contribution in [-0.2, 0) is 10.0 Å². The molecule has 0 saturated heterocycles. The smallest absolute Gasteiger partial charge is 0.262 e. The molecule has 2 aromatic carbocycles. The van der Waals surface area contributed by atoms with Gasteiger partial charge in [0.1, 0.15) is 11.3 Å². The number of nitrogens with one attached hydrogen (secondary N) is 1. The number of rotatable bonds is 7. The summed E-state index contributed by atoms with van der Waals surface area (Å²) in [6, 6.07) is 11.5. The van der Waals surface area contributed by atoms with Crippen molar-refractivity contribution >= 4 is 38.6 Å². The minimum absolute atomic E-state index is 0.117. The van der Waals surface area contributed by atoms with Crippen LogP contribution in [0.3, 0.4) is 0 Å². The molecular weight excluding hydrogens is 360 g/mol. The third-order valence-corrected chi connectivity index (χ3v) is 5.83. The van der Waals surface area contributed by atoms with E-state index in [1.165, 1.54) is 31.0 Å². The molecule has 6 nitrogen and oxygen atoms in total. The van der Waals surface area contributed by atoms with Crippen molar-refractivity contribution in [2.75, 3.05) is 17.6 Å². The minimum Gasteiger partial charge on any atom is -0.495 e. The molecule has 132 valence electrons. The number of hydrogen-bond donors (Lipinski definition) is 1. The van der Waals surface area contributed by atoms with Crippen LogP contribution in [0.2, 0.25) is 0 Å². The van der Waals surface area contributed by atoms with Gasteiger partial charge in [0.15, 0.2) is 5.58 Å². The number of sulfonamides is 1. The van der Waals surface area contributed by atoms with Crippen molar-refractivity contribution in [1.82, 2.24) is 4.98 Å². The van der Waals surface area contributed by atoms with Gasteiger partial charge in [-0.1, -0.05) is 30.8 Å². The zero-order valence-electron chi connectivity index (χ0n) is 13.9. The second-order valence-corrected chi connectivity index (χ2v) is 7.99. The van der Waals surface area contributed by atoms with Gasteiger partial charge >= 0.3 is 0 Å². The lowest BCUT2D eigenvalue weighted by Gasteiger charge is -2.11. The van der Waals surface area contributed by atoms with Crippen LogP contribution in [-0.4, -0.2) is 26.3 Å². The molecule has 0 aliphatic carbocycles. The molecule has 0 amide bonds. The topological polar surface area (TPSA) is 81.4 Å².